The number of halogens is 1. The molecular formula is C21H26FN5O3. The van der Waals surface area contributed by atoms with E-state index in [1.54, 1.807) is 24.3 Å². The lowest BCUT2D eigenvalue weighted by atomic mass is 10.2. The van der Waals surface area contributed by atoms with Crippen molar-refractivity contribution >= 4 is 11.6 Å². The van der Waals surface area contributed by atoms with Crippen LogP contribution in [0.4, 0.5) is 10.1 Å². The molecule has 0 spiro atoms. The number of rotatable bonds is 8. The van der Waals surface area contributed by atoms with Gasteiger partial charge >= 0.3 is 0 Å². The Bertz CT molecular complexity index is 837. The molecule has 0 aromatic heterocycles. The molecule has 1 aliphatic heterocycles. The van der Waals surface area contributed by atoms with E-state index in [-0.39, 0.29) is 11.5 Å². The van der Waals surface area contributed by atoms with Gasteiger partial charge in [-0.3, -0.25) is 15.0 Å². The number of nitrogens with one attached hydrogen (secondary N) is 2. The third kappa shape index (κ3) is 7.09. The third-order valence-corrected chi connectivity index (χ3v) is 4.76. The van der Waals surface area contributed by atoms with Crippen LogP contribution in [0.3, 0.4) is 0 Å². The van der Waals surface area contributed by atoms with Gasteiger partial charge in [0.15, 0.2) is 5.96 Å². The number of hydrogen-bond donors (Lipinski definition) is 2. The quantitative estimate of drug-likeness (QED) is 0.298. The van der Waals surface area contributed by atoms with E-state index in [2.05, 4.69) is 20.5 Å². The van der Waals surface area contributed by atoms with Crippen LogP contribution in [-0.4, -0.2) is 55.2 Å². The highest BCUT2D eigenvalue weighted by atomic mass is 19.1. The Morgan fingerprint density at radius 2 is 1.73 bits per heavy atom. The van der Waals surface area contributed by atoms with Crippen LogP contribution in [0.2, 0.25) is 0 Å². The first-order valence-electron chi connectivity index (χ1n) is 9.90. The van der Waals surface area contributed by atoms with Gasteiger partial charge in [-0.25, -0.2) is 9.38 Å². The Balaban J connectivity index is 1.57. The number of nitro benzene ring substituents is 1. The van der Waals surface area contributed by atoms with Crippen LogP contribution in [0.5, 0.6) is 0 Å². The molecule has 1 heterocycles. The van der Waals surface area contributed by atoms with Crippen molar-refractivity contribution in [2.24, 2.45) is 4.99 Å². The van der Waals surface area contributed by atoms with E-state index in [0.29, 0.717) is 19.0 Å². The maximum Gasteiger partial charge on any atom is 0.269 e. The summed E-state index contributed by atoms with van der Waals surface area (Å²) in [4.78, 5) is 17.3. The Morgan fingerprint density at radius 3 is 2.40 bits per heavy atom. The monoisotopic (exact) mass is 415 g/mol. The largest absolute Gasteiger partial charge is 0.379 e. The first-order valence-corrected chi connectivity index (χ1v) is 9.90. The molecule has 3 rings (SSSR count). The van der Waals surface area contributed by atoms with Gasteiger partial charge in [0.1, 0.15) is 5.82 Å². The van der Waals surface area contributed by atoms with E-state index in [9.17, 15) is 14.5 Å². The molecule has 1 fully saturated rings. The SMILES string of the molecule is O=[N+]([O-])c1ccc(CNC(=NCc2ccc(F)cc2)NCCN2CCOCC2)cc1. The maximum absolute atomic E-state index is 13.1. The zero-order chi connectivity index (χ0) is 21.2. The molecule has 0 saturated carbocycles. The summed E-state index contributed by atoms with van der Waals surface area (Å²) in [5.74, 6) is 0.355. The number of nitro groups is 1. The summed E-state index contributed by atoms with van der Waals surface area (Å²) in [5.41, 5.74) is 1.87. The lowest BCUT2D eigenvalue weighted by molar-refractivity contribution is -0.384. The van der Waals surface area contributed by atoms with Crippen molar-refractivity contribution < 1.29 is 14.1 Å². The fraction of sp³-hybridized carbons (Fsp3) is 0.381. The topological polar surface area (TPSA) is 92.0 Å². The highest BCUT2D eigenvalue weighted by Gasteiger charge is 2.10. The highest BCUT2D eigenvalue weighted by molar-refractivity contribution is 5.79. The lowest BCUT2D eigenvalue weighted by Gasteiger charge is -2.26. The minimum absolute atomic E-state index is 0.0626. The standard InChI is InChI=1S/C21H26FN5O3/c22-19-5-1-17(2-6-19)15-24-21(23-9-10-26-11-13-30-14-12-26)25-16-18-3-7-20(8-4-18)27(28)29/h1-8H,9-16H2,(H2,23,24,25). The number of non-ortho nitro benzene ring substituents is 1. The molecule has 0 atom stereocenters. The van der Waals surface area contributed by atoms with E-state index in [4.69, 9.17) is 4.74 Å². The first kappa shape index (κ1) is 21.7. The van der Waals surface area contributed by atoms with Gasteiger partial charge in [-0.05, 0) is 23.3 Å². The van der Waals surface area contributed by atoms with E-state index >= 15 is 0 Å². The van der Waals surface area contributed by atoms with Crippen molar-refractivity contribution in [2.45, 2.75) is 13.1 Å². The number of guanidine groups is 1. The average Bonchev–Trinajstić information content (AvgIpc) is 2.77. The molecule has 0 unspecified atom stereocenters. The molecule has 0 bridgehead atoms. The number of nitrogens with zero attached hydrogens (tertiary/aromatic N) is 3. The summed E-state index contributed by atoms with van der Waals surface area (Å²) in [7, 11) is 0. The van der Waals surface area contributed by atoms with Gasteiger partial charge in [-0.1, -0.05) is 24.3 Å². The smallest absolute Gasteiger partial charge is 0.269 e. The second-order valence-corrected chi connectivity index (χ2v) is 6.95. The number of morpholine rings is 1. The van der Waals surface area contributed by atoms with Crippen molar-refractivity contribution in [3.63, 3.8) is 0 Å². The molecule has 8 nitrogen and oxygen atoms in total. The first-order chi connectivity index (χ1) is 14.6. The fourth-order valence-corrected chi connectivity index (χ4v) is 3.01. The molecule has 1 aliphatic rings. The molecule has 30 heavy (non-hydrogen) atoms. The minimum Gasteiger partial charge on any atom is -0.379 e. The van der Waals surface area contributed by atoms with Gasteiger partial charge in [-0.2, -0.15) is 0 Å². The van der Waals surface area contributed by atoms with Crippen molar-refractivity contribution in [3.05, 3.63) is 75.6 Å². The van der Waals surface area contributed by atoms with Gasteiger partial charge in [0.25, 0.3) is 5.69 Å². The average molecular weight is 415 g/mol. The van der Waals surface area contributed by atoms with Crippen LogP contribution in [0.15, 0.2) is 53.5 Å². The van der Waals surface area contributed by atoms with Gasteiger partial charge in [-0.15, -0.1) is 0 Å². The molecule has 0 radical (unpaired) electrons. The van der Waals surface area contributed by atoms with Crippen LogP contribution < -0.4 is 10.6 Å². The molecule has 160 valence electrons. The van der Waals surface area contributed by atoms with Crippen LogP contribution in [0.1, 0.15) is 11.1 Å². The van der Waals surface area contributed by atoms with Crippen LogP contribution in [-0.2, 0) is 17.8 Å². The van der Waals surface area contributed by atoms with Crippen LogP contribution >= 0.6 is 0 Å². The fourth-order valence-electron chi connectivity index (χ4n) is 3.01. The van der Waals surface area contributed by atoms with Gasteiger partial charge in [0, 0.05) is 44.9 Å². The molecule has 0 aliphatic carbocycles. The van der Waals surface area contributed by atoms with Gasteiger partial charge < -0.3 is 15.4 Å². The van der Waals surface area contributed by atoms with E-state index in [1.807, 2.05) is 0 Å². The zero-order valence-corrected chi connectivity index (χ0v) is 16.7. The maximum atomic E-state index is 13.1. The summed E-state index contributed by atoms with van der Waals surface area (Å²) in [6.45, 7) is 5.82. The van der Waals surface area contributed by atoms with Crippen molar-refractivity contribution in [3.8, 4) is 0 Å². The normalized spacial score (nSPS) is 15.0. The third-order valence-electron chi connectivity index (χ3n) is 4.76. The summed E-state index contributed by atoms with van der Waals surface area (Å²) < 4.78 is 18.5. The lowest BCUT2D eigenvalue weighted by Crippen LogP contribution is -2.44. The van der Waals surface area contributed by atoms with Crippen molar-refractivity contribution in [1.29, 1.82) is 0 Å². The number of aliphatic imine (C=N–C) groups is 1. The summed E-state index contributed by atoms with van der Waals surface area (Å²) in [6.07, 6.45) is 0. The Hall–Kier alpha value is -3.04. The van der Waals surface area contributed by atoms with E-state index in [1.165, 1.54) is 24.3 Å². The zero-order valence-electron chi connectivity index (χ0n) is 16.7. The molecule has 9 heteroatoms. The predicted octanol–water partition coefficient (Wildman–Crippen LogP) is 2.30. The second-order valence-electron chi connectivity index (χ2n) is 6.95. The summed E-state index contributed by atoms with van der Waals surface area (Å²) in [6, 6.07) is 12.7. The van der Waals surface area contributed by atoms with Gasteiger partial charge in [0.2, 0.25) is 0 Å². The van der Waals surface area contributed by atoms with Crippen molar-refractivity contribution in [2.75, 3.05) is 39.4 Å². The second kappa shape index (κ2) is 11.2. The number of hydrogen-bond acceptors (Lipinski definition) is 5. The van der Waals surface area contributed by atoms with E-state index in [0.717, 1.165) is 50.5 Å². The molecule has 2 aromatic rings. The predicted molar refractivity (Wildman–Crippen MR) is 113 cm³/mol. The summed E-state index contributed by atoms with van der Waals surface area (Å²) in [5, 5.41) is 17.4. The van der Waals surface area contributed by atoms with E-state index < -0.39 is 4.92 Å². The molecule has 0 amide bonds. The number of ether oxygens (including phenoxy) is 1. The Kier molecular flexibility index (Phi) is 8.10. The van der Waals surface area contributed by atoms with Gasteiger partial charge in [0.05, 0.1) is 24.7 Å². The molecular weight excluding hydrogens is 389 g/mol. The summed E-state index contributed by atoms with van der Waals surface area (Å²) >= 11 is 0. The Morgan fingerprint density at radius 1 is 1.07 bits per heavy atom. The van der Waals surface area contributed by atoms with Crippen LogP contribution in [0.25, 0.3) is 0 Å². The number of benzene rings is 2. The highest BCUT2D eigenvalue weighted by Crippen LogP contribution is 2.11. The Labute approximate surface area is 174 Å². The molecule has 1 saturated heterocycles. The van der Waals surface area contributed by atoms with Crippen molar-refractivity contribution in [1.82, 2.24) is 15.5 Å². The minimum atomic E-state index is -0.417. The molecule has 2 aromatic carbocycles. The molecule has 2 N–H and O–H groups in total. The van der Waals surface area contributed by atoms with Crippen LogP contribution in [0, 0.1) is 15.9 Å².